The van der Waals surface area contributed by atoms with Crippen molar-refractivity contribution in [2.45, 2.75) is 26.2 Å². The van der Waals surface area contributed by atoms with Crippen LogP contribution in [0, 0.1) is 0 Å². The number of amides is 1. The molecular weight excluding hydrogens is 274 g/mol. The van der Waals surface area contributed by atoms with Crippen molar-refractivity contribution in [3.63, 3.8) is 0 Å². The maximum absolute atomic E-state index is 12.5. The lowest BCUT2D eigenvalue weighted by Crippen LogP contribution is -2.49. The number of H-pyrrole nitrogens is 1. The van der Waals surface area contributed by atoms with Gasteiger partial charge in [-0.05, 0) is 24.6 Å². The van der Waals surface area contributed by atoms with Gasteiger partial charge in [0.25, 0.3) is 0 Å². The number of fused-ring (bicyclic) bond motifs is 1. The number of hydrogen-bond donors (Lipinski definition) is 1. The topological polar surface area (TPSA) is 39.3 Å². The highest BCUT2D eigenvalue weighted by molar-refractivity contribution is 5.88. The van der Waals surface area contributed by atoms with Gasteiger partial charge in [0.1, 0.15) is 0 Å². The van der Waals surface area contributed by atoms with Crippen molar-refractivity contribution in [2.75, 3.05) is 32.7 Å². The first-order valence-corrected chi connectivity index (χ1v) is 8.33. The fraction of sp³-hybridized carbons (Fsp3) is 0.500. The number of unbranched alkanes of at least 4 members (excludes halogenated alkanes) is 1. The normalized spacial score (nSPS) is 16.3. The van der Waals surface area contributed by atoms with Gasteiger partial charge in [-0.3, -0.25) is 9.69 Å². The Morgan fingerprint density at radius 3 is 2.73 bits per heavy atom. The summed E-state index contributed by atoms with van der Waals surface area (Å²) < 4.78 is 0. The smallest absolute Gasteiger partial charge is 0.227 e. The molecule has 0 spiro atoms. The fourth-order valence-electron chi connectivity index (χ4n) is 3.16. The zero-order valence-corrected chi connectivity index (χ0v) is 13.3. The second-order valence-corrected chi connectivity index (χ2v) is 6.11. The van der Waals surface area contributed by atoms with Gasteiger partial charge in [-0.15, -0.1) is 0 Å². The van der Waals surface area contributed by atoms with Crippen molar-refractivity contribution in [3.05, 3.63) is 36.0 Å². The van der Waals surface area contributed by atoms with E-state index < -0.39 is 0 Å². The molecule has 4 nitrogen and oxygen atoms in total. The summed E-state index contributed by atoms with van der Waals surface area (Å²) in [4.78, 5) is 20.3. The van der Waals surface area contributed by atoms with Gasteiger partial charge in [-0.1, -0.05) is 31.5 Å². The van der Waals surface area contributed by atoms with Gasteiger partial charge < -0.3 is 9.88 Å². The molecule has 1 saturated heterocycles. The first-order valence-electron chi connectivity index (χ1n) is 8.33. The zero-order chi connectivity index (χ0) is 15.4. The van der Waals surface area contributed by atoms with E-state index in [0.29, 0.717) is 6.42 Å². The second kappa shape index (κ2) is 6.97. The maximum Gasteiger partial charge on any atom is 0.227 e. The number of nitrogens with zero attached hydrogens (tertiary/aromatic N) is 2. The Bertz CT molecular complexity index is 626. The maximum atomic E-state index is 12.5. The summed E-state index contributed by atoms with van der Waals surface area (Å²) in [7, 11) is 0. The van der Waals surface area contributed by atoms with E-state index in [0.717, 1.165) is 42.6 Å². The van der Waals surface area contributed by atoms with E-state index in [4.69, 9.17) is 0 Å². The Morgan fingerprint density at radius 2 is 1.95 bits per heavy atom. The number of carbonyl (C=O) groups is 1. The van der Waals surface area contributed by atoms with E-state index in [2.05, 4.69) is 28.9 Å². The highest BCUT2D eigenvalue weighted by Crippen LogP contribution is 2.19. The molecule has 0 saturated carbocycles. The van der Waals surface area contributed by atoms with Gasteiger partial charge in [-0.25, -0.2) is 0 Å². The van der Waals surface area contributed by atoms with E-state index in [9.17, 15) is 4.79 Å². The SMILES string of the molecule is CCCCN1CCN(C(=O)Cc2c[nH]c3ccccc23)CC1. The number of nitrogens with one attached hydrogen (secondary N) is 1. The Balaban J connectivity index is 1.57. The van der Waals surface area contributed by atoms with Crippen LogP contribution in [0.2, 0.25) is 0 Å². The van der Waals surface area contributed by atoms with Crippen LogP contribution in [0.1, 0.15) is 25.3 Å². The van der Waals surface area contributed by atoms with Crippen LogP contribution in [0.15, 0.2) is 30.5 Å². The van der Waals surface area contributed by atoms with Crippen LogP contribution >= 0.6 is 0 Å². The molecule has 0 atom stereocenters. The molecule has 1 amide bonds. The third-order valence-electron chi connectivity index (χ3n) is 4.57. The quantitative estimate of drug-likeness (QED) is 0.922. The molecule has 1 aromatic carbocycles. The van der Waals surface area contributed by atoms with Crippen LogP contribution in [-0.4, -0.2) is 53.4 Å². The minimum Gasteiger partial charge on any atom is -0.361 e. The number of aromatic nitrogens is 1. The minimum atomic E-state index is 0.250. The van der Waals surface area contributed by atoms with Crippen molar-refractivity contribution in [1.82, 2.24) is 14.8 Å². The van der Waals surface area contributed by atoms with Crippen LogP contribution in [-0.2, 0) is 11.2 Å². The Labute approximate surface area is 132 Å². The lowest BCUT2D eigenvalue weighted by atomic mass is 10.1. The number of hydrogen-bond acceptors (Lipinski definition) is 2. The van der Waals surface area contributed by atoms with Gasteiger partial charge in [0.2, 0.25) is 5.91 Å². The molecular formula is C18H25N3O. The highest BCUT2D eigenvalue weighted by atomic mass is 16.2. The molecule has 0 unspecified atom stereocenters. The summed E-state index contributed by atoms with van der Waals surface area (Å²) in [6.45, 7) is 7.15. The lowest BCUT2D eigenvalue weighted by Gasteiger charge is -2.34. The molecule has 22 heavy (non-hydrogen) atoms. The van der Waals surface area contributed by atoms with E-state index in [1.165, 1.54) is 19.4 Å². The molecule has 118 valence electrons. The molecule has 0 radical (unpaired) electrons. The average Bonchev–Trinajstić information content (AvgIpc) is 2.96. The summed E-state index contributed by atoms with van der Waals surface area (Å²) in [5, 5.41) is 1.16. The predicted octanol–water partition coefficient (Wildman–Crippen LogP) is 2.65. The molecule has 2 aromatic rings. The fourth-order valence-corrected chi connectivity index (χ4v) is 3.16. The molecule has 1 aromatic heterocycles. The second-order valence-electron chi connectivity index (χ2n) is 6.11. The lowest BCUT2D eigenvalue weighted by molar-refractivity contribution is -0.132. The Kier molecular flexibility index (Phi) is 4.78. The number of rotatable bonds is 5. The highest BCUT2D eigenvalue weighted by Gasteiger charge is 2.21. The first kappa shape index (κ1) is 15.1. The van der Waals surface area contributed by atoms with Crippen LogP contribution in [0.5, 0.6) is 0 Å². The van der Waals surface area contributed by atoms with Gasteiger partial charge in [0, 0.05) is 43.3 Å². The van der Waals surface area contributed by atoms with E-state index in [1.54, 1.807) is 0 Å². The number of aromatic amines is 1. The summed E-state index contributed by atoms with van der Waals surface area (Å²) in [5.74, 6) is 0.250. The summed E-state index contributed by atoms with van der Waals surface area (Å²) in [5.41, 5.74) is 2.21. The zero-order valence-electron chi connectivity index (χ0n) is 13.3. The van der Waals surface area contributed by atoms with Gasteiger partial charge in [0.05, 0.1) is 6.42 Å². The van der Waals surface area contributed by atoms with Gasteiger partial charge in [-0.2, -0.15) is 0 Å². The molecule has 0 aliphatic carbocycles. The van der Waals surface area contributed by atoms with E-state index >= 15 is 0 Å². The first-order chi connectivity index (χ1) is 10.8. The monoisotopic (exact) mass is 299 g/mol. The molecule has 1 aliphatic rings. The average molecular weight is 299 g/mol. The number of para-hydroxylation sites is 1. The van der Waals surface area contributed by atoms with E-state index in [-0.39, 0.29) is 5.91 Å². The molecule has 1 fully saturated rings. The van der Waals surface area contributed by atoms with Crippen LogP contribution in [0.25, 0.3) is 10.9 Å². The third-order valence-corrected chi connectivity index (χ3v) is 4.57. The van der Waals surface area contributed by atoms with E-state index in [1.807, 2.05) is 23.2 Å². The standard InChI is InChI=1S/C18H25N3O/c1-2-3-8-20-9-11-21(12-10-20)18(22)13-15-14-19-17-7-5-4-6-16(15)17/h4-7,14,19H,2-3,8-13H2,1H3. The molecule has 1 aliphatic heterocycles. The largest absolute Gasteiger partial charge is 0.361 e. The number of carbonyl (C=O) groups excluding carboxylic acids is 1. The summed E-state index contributed by atoms with van der Waals surface area (Å²) in [6.07, 6.45) is 4.96. The van der Waals surface area contributed by atoms with Crippen molar-refractivity contribution < 1.29 is 4.79 Å². The Morgan fingerprint density at radius 1 is 1.18 bits per heavy atom. The van der Waals surface area contributed by atoms with Crippen LogP contribution < -0.4 is 0 Å². The van der Waals surface area contributed by atoms with Crippen LogP contribution in [0.4, 0.5) is 0 Å². The number of piperazine rings is 1. The van der Waals surface area contributed by atoms with Crippen LogP contribution in [0.3, 0.4) is 0 Å². The van der Waals surface area contributed by atoms with Crippen molar-refractivity contribution in [2.24, 2.45) is 0 Å². The molecule has 1 N–H and O–H groups in total. The van der Waals surface area contributed by atoms with Crippen molar-refractivity contribution in [1.29, 1.82) is 0 Å². The molecule has 4 heteroatoms. The molecule has 0 bridgehead atoms. The number of benzene rings is 1. The summed E-state index contributed by atoms with van der Waals surface area (Å²) in [6, 6.07) is 8.17. The minimum absolute atomic E-state index is 0.250. The Hall–Kier alpha value is -1.81. The molecule has 2 heterocycles. The molecule has 3 rings (SSSR count). The van der Waals surface area contributed by atoms with Gasteiger partial charge in [0.15, 0.2) is 0 Å². The van der Waals surface area contributed by atoms with Gasteiger partial charge >= 0.3 is 0 Å². The van der Waals surface area contributed by atoms with Crippen molar-refractivity contribution in [3.8, 4) is 0 Å². The third kappa shape index (κ3) is 3.33. The van der Waals surface area contributed by atoms with Crippen molar-refractivity contribution >= 4 is 16.8 Å². The summed E-state index contributed by atoms with van der Waals surface area (Å²) >= 11 is 0. The predicted molar refractivity (Wildman–Crippen MR) is 89.9 cm³/mol.